The number of hydrogen-bond donors (Lipinski definition) is 0. The van der Waals surface area contributed by atoms with E-state index in [1.807, 2.05) is 11.8 Å². The van der Waals surface area contributed by atoms with E-state index < -0.39 is 0 Å². The Morgan fingerprint density at radius 3 is 3.00 bits per heavy atom. The molecule has 0 saturated carbocycles. The van der Waals surface area contributed by atoms with Gasteiger partial charge in [-0.05, 0) is 37.7 Å². The number of carbonyl (C=O) groups is 1. The van der Waals surface area contributed by atoms with Crippen molar-refractivity contribution in [3.8, 4) is 0 Å². The van der Waals surface area contributed by atoms with Crippen molar-refractivity contribution < 1.29 is 14.3 Å². The van der Waals surface area contributed by atoms with Crippen LogP contribution in [-0.2, 0) is 14.3 Å². The number of thioether (sulfide) groups is 1. The van der Waals surface area contributed by atoms with Gasteiger partial charge in [-0.1, -0.05) is 0 Å². The third-order valence-electron chi connectivity index (χ3n) is 2.38. The van der Waals surface area contributed by atoms with Crippen molar-refractivity contribution in [2.24, 2.45) is 0 Å². The molecule has 0 aromatic heterocycles. The molecule has 4 heteroatoms. The molecule has 1 aliphatic heterocycles. The van der Waals surface area contributed by atoms with Crippen molar-refractivity contribution in [1.29, 1.82) is 0 Å². The standard InChI is InChI=1S/C11H20O3S/c1-15-9-5-3-6-10(12)14-11-7-2-4-8-13-11/h11H,2-9H2,1H3. The highest BCUT2D eigenvalue weighted by Crippen LogP contribution is 2.14. The highest BCUT2D eigenvalue weighted by atomic mass is 32.2. The van der Waals surface area contributed by atoms with Gasteiger partial charge in [0.25, 0.3) is 0 Å². The van der Waals surface area contributed by atoms with E-state index >= 15 is 0 Å². The summed E-state index contributed by atoms with van der Waals surface area (Å²) in [5, 5.41) is 0. The van der Waals surface area contributed by atoms with Crippen molar-refractivity contribution >= 4 is 17.7 Å². The molecule has 15 heavy (non-hydrogen) atoms. The van der Waals surface area contributed by atoms with Crippen LogP contribution in [0.4, 0.5) is 0 Å². The van der Waals surface area contributed by atoms with Crippen LogP contribution >= 0.6 is 11.8 Å². The van der Waals surface area contributed by atoms with Crippen LogP contribution in [0.25, 0.3) is 0 Å². The first kappa shape index (κ1) is 12.8. The molecule has 1 atom stereocenters. The minimum atomic E-state index is -0.271. The van der Waals surface area contributed by atoms with Gasteiger partial charge in [-0.25, -0.2) is 0 Å². The van der Waals surface area contributed by atoms with Gasteiger partial charge in [0.2, 0.25) is 6.29 Å². The van der Waals surface area contributed by atoms with Gasteiger partial charge in [0.1, 0.15) is 0 Å². The second-order valence-corrected chi connectivity index (χ2v) is 4.72. The normalized spacial score (nSPS) is 21.3. The maximum absolute atomic E-state index is 11.4. The van der Waals surface area contributed by atoms with Crippen LogP contribution in [0.2, 0.25) is 0 Å². The Bertz CT molecular complexity index is 179. The van der Waals surface area contributed by atoms with Crippen LogP contribution in [0.1, 0.15) is 38.5 Å². The van der Waals surface area contributed by atoms with Gasteiger partial charge in [0.05, 0.1) is 6.61 Å². The molecule has 0 bridgehead atoms. The second kappa shape index (κ2) is 7.99. The molecule has 0 aliphatic carbocycles. The van der Waals surface area contributed by atoms with Gasteiger partial charge in [0, 0.05) is 12.8 Å². The molecule has 1 heterocycles. The minimum absolute atomic E-state index is 0.108. The highest BCUT2D eigenvalue weighted by molar-refractivity contribution is 7.98. The first-order chi connectivity index (χ1) is 7.33. The number of ether oxygens (including phenoxy) is 2. The molecule has 88 valence electrons. The topological polar surface area (TPSA) is 35.5 Å². The lowest BCUT2D eigenvalue weighted by molar-refractivity contribution is -0.186. The van der Waals surface area contributed by atoms with Crippen molar-refractivity contribution in [3.63, 3.8) is 0 Å². The van der Waals surface area contributed by atoms with E-state index in [1.54, 1.807) is 0 Å². The zero-order valence-electron chi connectivity index (χ0n) is 9.37. The van der Waals surface area contributed by atoms with Crippen LogP contribution in [0.3, 0.4) is 0 Å². The molecule has 0 N–H and O–H groups in total. The van der Waals surface area contributed by atoms with Gasteiger partial charge in [-0.3, -0.25) is 4.79 Å². The highest BCUT2D eigenvalue weighted by Gasteiger charge is 2.17. The van der Waals surface area contributed by atoms with Crippen LogP contribution in [0, 0.1) is 0 Å². The lowest BCUT2D eigenvalue weighted by atomic mass is 10.2. The Labute approximate surface area is 95.9 Å². The quantitative estimate of drug-likeness (QED) is 0.521. The van der Waals surface area contributed by atoms with Gasteiger partial charge < -0.3 is 9.47 Å². The van der Waals surface area contributed by atoms with Crippen molar-refractivity contribution in [3.05, 3.63) is 0 Å². The van der Waals surface area contributed by atoms with E-state index in [0.29, 0.717) is 6.42 Å². The van der Waals surface area contributed by atoms with E-state index in [1.165, 1.54) is 0 Å². The zero-order chi connectivity index (χ0) is 10.9. The molecule has 0 spiro atoms. The van der Waals surface area contributed by atoms with Crippen LogP contribution in [0.5, 0.6) is 0 Å². The molecule has 0 aromatic rings. The first-order valence-electron chi connectivity index (χ1n) is 5.63. The summed E-state index contributed by atoms with van der Waals surface area (Å²) in [5.74, 6) is 1.01. The third kappa shape index (κ3) is 6.05. The van der Waals surface area contributed by atoms with Crippen molar-refractivity contribution in [2.75, 3.05) is 18.6 Å². The second-order valence-electron chi connectivity index (χ2n) is 3.74. The summed E-state index contributed by atoms with van der Waals surface area (Å²) in [6.07, 6.45) is 7.39. The smallest absolute Gasteiger partial charge is 0.308 e. The van der Waals surface area contributed by atoms with Crippen molar-refractivity contribution in [2.45, 2.75) is 44.8 Å². The summed E-state index contributed by atoms with van der Waals surface area (Å²) in [7, 11) is 0. The summed E-state index contributed by atoms with van der Waals surface area (Å²) in [6, 6.07) is 0. The SMILES string of the molecule is CSCCCCC(=O)OC1CCCCO1. The lowest BCUT2D eigenvalue weighted by Crippen LogP contribution is -2.25. The molecule has 0 amide bonds. The van der Waals surface area contributed by atoms with Crippen molar-refractivity contribution in [1.82, 2.24) is 0 Å². The van der Waals surface area contributed by atoms with Crippen LogP contribution < -0.4 is 0 Å². The molecule has 0 radical (unpaired) electrons. The molecule has 1 aliphatic rings. The Morgan fingerprint density at radius 2 is 2.33 bits per heavy atom. The van der Waals surface area contributed by atoms with Crippen LogP contribution in [0.15, 0.2) is 0 Å². The predicted molar refractivity (Wildman–Crippen MR) is 61.9 cm³/mol. The molecule has 0 aromatic carbocycles. The number of esters is 1. The third-order valence-corrected chi connectivity index (χ3v) is 3.08. The maximum atomic E-state index is 11.4. The molecule has 1 fully saturated rings. The summed E-state index contributed by atoms with van der Waals surface area (Å²) >= 11 is 1.81. The Hall–Kier alpha value is -0.220. The van der Waals surface area contributed by atoms with Gasteiger partial charge in [-0.2, -0.15) is 11.8 Å². The van der Waals surface area contributed by atoms with E-state index in [-0.39, 0.29) is 12.3 Å². The summed E-state index contributed by atoms with van der Waals surface area (Å²) in [4.78, 5) is 11.4. The number of unbranched alkanes of at least 4 members (excludes halogenated alkanes) is 1. The van der Waals surface area contributed by atoms with E-state index in [9.17, 15) is 4.79 Å². The zero-order valence-corrected chi connectivity index (χ0v) is 10.2. The summed E-state index contributed by atoms with van der Waals surface area (Å²) in [6.45, 7) is 0.727. The molecule has 3 nitrogen and oxygen atoms in total. The lowest BCUT2D eigenvalue weighted by Gasteiger charge is -2.22. The first-order valence-corrected chi connectivity index (χ1v) is 7.02. The largest absolute Gasteiger partial charge is 0.436 e. The van der Waals surface area contributed by atoms with Crippen LogP contribution in [-0.4, -0.2) is 30.9 Å². The minimum Gasteiger partial charge on any atom is -0.436 e. The fourth-order valence-corrected chi connectivity index (χ4v) is 2.02. The van der Waals surface area contributed by atoms with Gasteiger partial charge in [-0.15, -0.1) is 0 Å². The predicted octanol–water partition coefficient (Wildman–Crippen LogP) is 2.59. The Kier molecular flexibility index (Phi) is 6.85. The average molecular weight is 232 g/mol. The monoisotopic (exact) mass is 232 g/mol. The molecule has 1 unspecified atom stereocenters. The van der Waals surface area contributed by atoms with E-state index in [2.05, 4.69) is 6.26 Å². The Morgan fingerprint density at radius 1 is 1.47 bits per heavy atom. The van der Waals surface area contributed by atoms with E-state index in [0.717, 1.165) is 44.5 Å². The fraction of sp³-hybridized carbons (Fsp3) is 0.909. The number of carbonyl (C=O) groups excluding carboxylic acids is 1. The van der Waals surface area contributed by atoms with E-state index in [4.69, 9.17) is 9.47 Å². The molecular weight excluding hydrogens is 212 g/mol. The number of hydrogen-bond acceptors (Lipinski definition) is 4. The molecule has 1 rings (SSSR count). The summed E-state index contributed by atoms with van der Waals surface area (Å²) < 4.78 is 10.5. The fourth-order valence-electron chi connectivity index (χ4n) is 1.53. The van der Waals surface area contributed by atoms with Gasteiger partial charge >= 0.3 is 5.97 Å². The van der Waals surface area contributed by atoms with Gasteiger partial charge in [0.15, 0.2) is 0 Å². The maximum Gasteiger partial charge on any atom is 0.308 e. The molecular formula is C11H20O3S. The molecule has 1 saturated heterocycles. The summed E-state index contributed by atoms with van der Waals surface area (Å²) in [5.41, 5.74) is 0. The Balaban J connectivity index is 2.01. The number of rotatable bonds is 6. The average Bonchev–Trinajstić information content (AvgIpc) is 2.26.